The number of anilines is 1. The van der Waals surface area contributed by atoms with Gasteiger partial charge in [0.25, 0.3) is 0 Å². The Bertz CT molecular complexity index is 928. The highest BCUT2D eigenvalue weighted by Crippen LogP contribution is 2.27. The minimum absolute atomic E-state index is 0.237. The van der Waals surface area contributed by atoms with Gasteiger partial charge in [-0.15, -0.1) is 11.3 Å². The summed E-state index contributed by atoms with van der Waals surface area (Å²) in [6.07, 6.45) is -0.569. The van der Waals surface area contributed by atoms with Gasteiger partial charge in [0.05, 0.1) is 23.8 Å². The highest BCUT2D eigenvalue weighted by Gasteiger charge is 2.26. The van der Waals surface area contributed by atoms with Gasteiger partial charge in [-0.3, -0.25) is 5.32 Å². The van der Waals surface area contributed by atoms with Crippen LogP contribution in [-0.2, 0) is 19.5 Å². The minimum Gasteiger partial charge on any atom is -0.444 e. The highest BCUT2D eigenvalue weighted by atomic mass is 32.2. The second-order valence-corrected chi connectivity index (χ2v) is 10.0. The van der Waals surface area contributed by atoms with E-state index in [1.807, 2.05) is 13.8 Å². The molecular formula is C20H29N3O5S2. The van der Waals surface area contributed by atoms with Gasteiger partial charge >= 0.3 is 6.09 Å². The molecule has 1 aliphatic rings. The first kappa shape index (κ1) is 24.3. The standard InChI is InChI=1S/C18H23N3O5S2.C2H6/c1-18(2,3)26-17(22)20-16-19-15(12-27-16)13-4-6-14(7-5-13)28(23,24)21-8-10-25-11-9-21;1-2/h4-7,12H,8-11H2,1-3H3,(H,19,20,22);1-2H3. The van der Waals surface area contributed by atoms with Crippen LogP contribution in [0.15, 0.2) is 34.5 Å². The molecule has 1 amide bonds. The predicted molar refractivity (Wildman–Crippen MR) is 118 cm³/mol. The summed E-state index contributed by atoms with van der Waals surface area (Å²) in [5, 5.41) is 4.80. The Morgan fingerprint density at radius 1 is 1.17 bits per heavy atom. The van der Waals surface area contributed by atoms with Crippen molar-refractivity contribution in [3.05, 3.63) is 29.6 Å². The van der Waals surface area contributed by atoms with Crippen LogP contribution in [0.3, 0.4) is 0 Å². The van der Waals surface area contributed by atoms with Crippen LogP contribution in [0.5, 0.6) is 0 Å². The van der Waals surface area contributed by atoms with Crippen LogP contribution < -0.4 is 5.32 Å². The number of carbonyl (C=O) groups is 1. The molecule has 2 heterocycles. The van der Waals surface area contributed by atoms with E-state index < -0.39 is 21.7 Å². The van der Waals surface area contributed by atoms with Crippen molar-refractivity contribution in [1.82, 2.24) is 9.29 Å². The Morgan fingerprint density at radius 3 is 2.33 bits per heavy atom. The quantitative estimate of drug-likeness (QED) is 0.742. The van der Waals surface area contributed by atoms with Crippen molar-refractivity contribution in [2.75, 3.05) is 31.6 Å². The fourth-order valence-corrected chi connectivity index (χ4v) is 4.70. The molecule has 0 unspecified atom stereocenters. The molecule has 166 valence electrons. The summed E-state index contributed by atoms with van der Waals surface area (Å²) in [4.78, 5) is 16.4. The average molecular weight is 456 g/mol. The summed E-state index contributed by atoms with van der Waals surface area (Å²) < 4.78 is 37.2. The molecule has 0 aliphatic carbocycles. The Morgan fingerprint density at radius 2 is 1.77 bits per heavy atom. The van der Waals surface area contributed by atoms with Crippen LogP contribution in [0, 0.1) is 0 Å². The number of aromatic nitrogens is 1. The monoisotopic (exact) mass is 455 g/mol. The molecular weight excluding hydrogens is 426 g/mol. The molecule has 0 spiro atoms. The first-order valence-corrected chi connectivity index (χ1v) is 12.1. The molecule has 0 radical (unpaired) electrons. The number of ether oxygens (including phenoxy) is 2. The van der Waals surface area contributed by atoms with E-state index in [2.05, 4.69) is 10.3 Å². The number of morpholine rings is 1. The predicted octanol–water partition coefficient (Wildman–Crippen LogP) is 4.20. The molecule has 2 aromatic rings. The van der Waals surface area contributed by atoms with Gasteiger partial charge in [0.1, 0.15) is 5.60 Å². The molecule has 1 N–H and O–H groups in total. The Labute approximate surface area is 182 Å². The van der Waals surface area contributed by atoms with Gasteiger partial charge in [0.15, 0.2) is 5.13 Å². The van der Waals surface area contributed by atoms with Crippen molar-refractivity contribution in [3.63, 3.8) is 0 Å². The number of amides is 1. The average Bonchev–Trinajstić information content (AvgIpc) is 3.17. The van der Waals surface area contributed by atoms with Crippen molar-refractivity contribution >= 4 is 32.6 Å². The SMILES string of the molecule is CC.CC(C)(C)OC(=O)Nc1nc(-c2ccc(S(=O)(=O)N3CCOCC3)cc2)cs1. The van der Waals surface area contributed by atoms with Crippen LogP contribution in [-0.4, -0.2) is 55.7 Å². The summed E-state index contributed by atoms with van der Waals surface area (Å²) >= 11 is 1.27. The van der Waals surface area contributed by atoms with E-state index in [-0.39, 0.29) is 4.90 Å². The van der Waals surface area contributed by atoms with E-state index in [4.69, 9.17) is 9.47 Å². The number of rotatable bonds is 4. The van der Waals surface area contributed by atoms with E-state index in [1.165, 1.54) is 15.6 Å². The molecule has 0 bridgehead atoms. The fraction of sp³-hybridized carbons (Fsp3) is 0.500. The second kappa shape index (κ2) is 10.3. The number of hydrogen-bond acceptors (Lipinski definition) is 7. The first-order valence-electron chi connectivity index (χ1n) is 9.79. The van der Waals surface area contributed by atoms with Crippen LogP contribution in [0.1, 0.15) is 34.6 Å². The number of nitrogens with zero attached hydrogens (tertiary/aromatic N) is 2. The highest BCUT2D eigenvalue weighted by molar-refractivity contribution is 7.89. The topological polar surface area (TPSA) is 97.8 Å². The van der Waals surface area contributed by atoms with Crippen LogP contribution in [0.4, 0.5) is 9.93 Å². The Kier molecular flexibility index (Phi) is 8.36. The van der Waals surface area contributed by atoms with Gasteiger partial charge in [0.2, 0.25) is 10.0 Å². The number of benzene rings is 1. The molecule has 1 saturated heterocycles. The summed E-state index contributed by atoms with van der Waals surface area (Å²) in [5.74, 6) is 0. The van der Waals surface area contributed by atoms with Crippen LogP contribution in [0.2, 0.25) is 0 Å². The number of hydrogen-bond donors (Lipinski definition) is 1. The van der Waals surface area contributed by atoms with E-state index in [0.29, 0.717) is 37.1 Å². The third-order valence-corrected chi connectivity index (χ3v) is 6.54. The zero-order valence-corrected chi connectivity index (χ0v) is 19.6. The molecule has 1 aromatic heterocycles. The molecule has 30 heavy (non-hydrogen) atoms. The van der Waals surface area contributed by atoms with E-state index in [0.717, 1.165) is 5.56 Å². The number of thiazole rings is 1. The smallest absolute Gasteiger partial charge is 0.413 e. The van der Waals surface area contributed by atoms with Crippen molar-refractivity contribution in [2.24, 2.45) is 0 Å². The number of carbonyl (C=O) groups excluding carboxylic acids is 1. The molecule has 1 fully saturated rings. The van der Waals surface area contributed by atoms with Gasteiger partial charge in [-0.05, 0) is 32.9 Å². The first-order chi connectivity index (χ1) is 14.1. The maximum absolute atomic E-state index is 12.7. The van der Waals surface area contributed by atoms with E-state index in [9.17, 15) is 13.2 Å². The minimum atomic E-state index is -3.53. The molecule has 0 atom stereocenters. The van der Waals surface area contributed by atoms with Gasteiger partial charge in [-0.2, -0.15) is 4.31 Å². The Hall–Kier alpha value is -2.01. The lowest BCUT2D eigenvalue weighted by Gasteiger charge is -2.26. The molecule has 1 aromatic carbocycles. The summed E-state index contributed by atoms with van der Waals surface area (Å²) in [5.41, 5.74) is 0.812. The number of nitrogens with one attached hydrogen (secondary N) is 1. The Balaban J connectivity index is 0.00000155. The maximum atomic E-state index is 12.7. The van der Waals surface area contributed by atoms with Gasteiger partial charge in [-0.25, -0.2) is 18.2 Å². The molecule has 3 rings (SSSR count). The van der Waals surface area contributed by atoms with Gasteiger partial charge in [-0.1, -0.05) is 26.0 Å². The molecule has 0 saturated carbocycles. The van der Waals surface area contributed by atoms with E-state index >= 15 is 0 Å². The normalized spacial score (nSPS) is 15.1. The third-order valence-electron chi connectivity index (χ3n) is 3.87. The zero-order chi connectivity index (χ0) is 22.4. The van der Waals surface area contributed by atoms with Crippen molar-refractivity contribution in [3.8, 4) is 11.3 Å². The fourth-order valence-electron chi connectivity index (χ4n) is 2.59. The summed E-state index contributed by atoms with van der Waals surface area (Å²) in [7, 11) is -3.53. The van der Waals surface area contributed by atoms with Crippen LogP contribution in [0.25, 0.3) is 11.3 Å². The van der Waals surface area contributed by atoms with Crippen molar-refractivity contribution in [1.29, 1.82) is 0 Å². The number of sulfonamides is 1. The van der Waals surface area contributed by atoms with Crippen molar-refractivity contribution in [2.45, 2.75) is 45.1 Å². The molecule has 10 heteroatoms. The van der Waals surface area contributed by atoms with E-state index in [1.54, 1.807) is 50.4 Å². The van der Waals surface area contributed by atoms with Crippen molar-refractivity contribution < 1.29 is 22.7 Å². The molecule has 1 aliphatic heterocycles. The van der Waals surface area contributed by atoms with Gasteiger partial charge in [0, 0.05) is 24.0 Å². The lowest BCUT2D eigenvalue weighted by Crippen LogP contribution is -2.40. The second-order valence-electron chi connectivity index (χ2n) is 7.21. The maximum Gasteiger partial charge on any atom is 0.413 e. The van der Waals surface area contributed by atoms with Crippen LogP contribution >= 0.6 is 11.3 Å². The summed E-state index contributed by atoms with van der Waals surface area (Å²) in [6, 6.07) is 6.56. The largest absolute Gasteiger partial charge is 0.444 e. The zero-order valence-electron chi connectivity index (χ0n) is 18.0. The lowest BCUT2D eigenvalue weighted by atomic mass is 10.2. The third kappa shape index (κ3) is 6.49. The molecule has 8 nitrogen and oxygen atoms in total. The lowest BCUT2D eigenvalue weighted by molar-refractivity contribution is 0.0636. The summed E-state index contributed by atoms with van der Waals surface area (Å²) in [6.45, 7) is 10.9. The van der Waals surface area contributed by atoms with Gasteiger partial charge < -0.3 is 9.47 Å².